The van der Waals surface area contributed by atoms with Crippen molar-refractivity contribution in [1.82, 2.24) is 5.43 Å². The van der Waals surface area contributed by atoms with Crippen molar-refractivity contribution in [1.29, 1.82) is 0 Å². The molecule has 1 heterocycles. The smallest absolute Gasteiger partial charge is 0.184 e. The van der Waals surface area contributed by atoms with E-state index in [9.17, 15) is 0 Å². The number of nitrogens with one attached hydrogen (secondary N) is 1. The van der Waals surface area contributed by atoms with Crippen LogP contribution in [0.15, 0.2) is 50.4 Å². The Morgan fingerprint density at radius 2 is 2.10 bits per heavy atom. The zero-order valence-electron chi connectivity index (χ0n) is 10.4. The molecule has 0 saturated carbocycles. The summed E-state index contributed by atoms with van der Waals surface area (Å²) in [7, 11) is 0. The van der Waals surface area contributed by atoms with Gasteiger partial charge in [-0.3, -0.25) is 5.43 Å². The highest BCUT2D eigenvalue weighted by Gasteiger charge is 2.01. The minimum absolute atomic E-state index is 0.103. The molecule has 0 atom stereocenters. The van der Waals surface area contributed by atoms with Gasteiger partial charge in [0.1, 0.15) is 23.9 Å². The van der Waals surface area contributed by atoms with Crippen LogP contribution in [0.2, 0.25) is 0 Å². The van der Waals surface area contributed by atoms with Gasteiger partial charge in [0.25, 0.3) is 0 Å². The Balaban J connectivity index is 1.88. The lowest BCUT2D eigenvalue weighted by atomic mass is 10.3. The third kappa shape index (κ3) is 4.67. The van der Waals surface area contributed by atoms with E-state index >= 15 is 0 Å². The van der Waals surface area contributed by atoms with Crippen LogP contribution in [-0.4, -0.2) is 11.3 Å². The molecule has 2 rings (SSSR count). The third-order valence-corrected chi connectivity index (χ3v) is 2.86. The Morgan fingerprint density at radius 3 is 2.80 bits per heavy atom. The van der Waals surface area contributed by atoms with Crippen LogP contribution in [0.25, 0.3) is 0 Å². The summed E-state index contributed by atoms with van der Waals surface area (Å²) >= 11 is 7.99. The largest absolute Gasteiger partial charge is 0.486 e. The first-order chi connectivity index (χ1) is 9.63. The van der Waals surface area contributed by atoms with E-state index in [4.69, 9.17) is 14.9 Å². The molecule has 104 valence electrons. The minimum atomic E-state index is 0.103. The molecular weight excluding hydrogens is 342 g/mol. The molecule has 5 nitrogen and oxygen atoms in total. The van der Waals surface area contributed by atoms with Gasteiger partial charge in [-0.15, -0.1) is 0 Å². The van der Waals surface area contributed by atoms with Crippen molar-refractivity contribution in [3.63, 3.8) is 0 Å². The number of hydrazone groups is 1. The number of halogens is 1. The normalized spacial score (nSPS) is 10.7. The lowest BCUT2D eigenvalue weighted by Crippen LogP contribution is -2.23. The van der Waals surface area contributed by atoms with E-state index in [1.54, 1.807) is 6.07 Å². The zero-order valence-corrected chi connectivity index (χ0v) is 12.8. The molecule has 2 aromatic rings. The van der Waals surface area contributed by atoms with Gasteiger partial charge in [0.15, 0.2) is 5.11 Å². The molecule has 0 unspecified atom stereocenters. The lowest BCUT2D eigenvalue weighted by Gasteiger charge is -2.03. The third-order valence-electron chi connectivity index (χ3n) is 2.24. The van der Waals surface area contributed by atoms with Gasteiger partial charge in [0, 0.05) is 4.47 Å². The van der Waals surface area contributed by atoms with E-state index < -0.39 is 0 Å². The second-order valence-electron chi connectivity index (χ2n) is 3.78. The maximum atomic E-state index is 5.59. The molecule has 0 spiro atoms. The summed E-state index contributed by atoms with van der Waals surface area (Å²) in [6.45, 7) is 0.345. The topological polar surface area (TPSA) is 72.8 Å². The van der Waals surface area contributed by atoms with Gasteiger partial charge in [0.05, 0.1) is 6.21 Å². The average Bonchev–Trinajstić information content (AvgIpc) is 2.86. The number of thiocarbonyl (C=S) groups is 1. The van der Waals surface area contributed by atoms with E-state index in [1.165, 1.54) is 6.21 Å². The molecule has 7 heteroatoms. The fraction of sp³-hybridized carbons (Fsp3) is 0.0769. The lowest BCUT2D eigenvalue weighted by molar-refractivity contribution is 0.270. The monoisotopic (exact) mass is 353 g/mol. The van der Waals surface area contributed by atoms with Crippen molar-refractivity contribution in [3.8, 4) is 5.75 Å². The van der Waals surface area contributed by atoms with Gasteiger partial charge in [-0.25, -0.2) is 0 Å². The summed E-state index contributed by atoms with van der Waals surface area (Å²) in [5, 5.41) is 3.90. The highest BCUT2D eigenvalue weighted by molar-refractivity contribution is 9.10. The van der Waals surface area contributed by atoms with Crippen LogP contribution >= 0.6 is 28.1 Å². The van der Waals surface area contributed by atoms with Crippen LogP contribution in [0.4, 0.5) is 0 Å². The highest BCUT2D eigenvalue weighted by Crippen LogP contribution is 2.17. The molecule has 0 radical (unpaired) electrons. The number of hydrogen-bond donors (Lipinski definition) is 2. The Bertz CT molecular complexity index is 610. The molecule has 0 bridgehead atoms. The van der Waals surface area contributed by atoms with Crippen molar-refractivity contribution in [3.05, 3.63) is 52.4 Å². The first-order valence-electron chi connectivity index (χ1n) is 5.69. The summed E-state index contributed by atoms with van der Waals surface area (Å²) in [6.07, 6.45) is 1.49. The molecule has 0 aliphatic heterocycles. The minimum Gasteiger partial charge on any atom is -0.486 e. The predicted molar refractivity (Wildman–Crippen MR) is 84.7 cm³/mol. The van der Waals surface area contributed by atoms with Crippen molar-refractivity contribution >= 4 is 39.5 Å². The van der Waals surface area contributed by atoms with Crippen molar-refractivity contribution in [2.45, 2.75) is 6.61 Å². The molecule has 1 aromatic carbocycles. The van der Waals surface area contributed by atoms with E-state index in [-0.39, 0.29) is 5.11 Å². The molecule has 3 N–H and O–H groups in total. The van der Waals surface area contributed by atoms with Gasteiger partial charge in [-0.2, -0.15) is 5.10 Å². The second kappa shape index (κ2) is 7.06. The first kappa shape index (κ1) is 14.5. The number of nitrogens with zero attached hydrogens (tertiary/aromatic N) is 1. The number of rotatable bonds is 5. The summed E-state index contributed by atoms with van der Waals surface area (Å²) in [6, 6.07) is 11.2. The second-order valence-corrected chi connectivity index (χ2v) is 5.14. The number of nitrogens with two attached hydrogens (primary N) is 1. The van der Waals surface area contributed by atoms with Crippen molar-refractivity contribution < 1.29 is 9.15 Å². The van der Waals surface area contributed by atoms with Gasteiger partial charge in [0.2, 0.25) is 0 Å². The van der Waals surface area contributed by atoms with Gasteiger partial charge >= 0.3 is 0 Å². The molecule has 0 saturated heterocycles. The van der Waals surface area contributed by atoms with Gasteiger partial charge < -0.3 is 14.9 Å². The Morgan fingerprint density at radius 1 is 1.35 bits per heavy atom. The molecule has 1 aromatic heterocycles. The van der Waals surface area contributed by atoms with Crippen molar-refractivity contribution in [2.24, 2.45) is 10.8 Å². The van der Waals surface area contributed by atoms with Crippen molar-refractivity contribution in [2.75, 3.05) is 0 Å². The number of furan rings is 1. The fourth-order valence-corrected chi connectivity index (χ4v) is 1.70. The van der Waals surface area contributed by atoms with Gasteiger partial charge in [-0.05, 0) is 48.6 Å². The molecule has 0 fully saturated rings. The number of ether oxygens (including phenoxy) is 1. The number of hydrogen-bond acceptors (Lipinski definition) is 4. The van der Waals surface area contributed by atoms with Gasteiger partial charge in [-0.1, -0.05) is 15.9 Å². The molecule has 0 aliphatic rings. The van der Waals surface area contributed by atoms with Crippen LogP contribution in [-0.2, 0) is 6.61 Å². The molecule has 0 amide bonds. The summed E-state index contributed by atoms with van der Waals surface area (Å²) < 4.78 is 12.1. The summed E-state index contributed by atoms with van der Waals surface area (Å²) in [5.41, 5.74) is 7.69. The predicted octanol–water partition coefficient (Wildman–Crippen LogP) is 2.79. The number of benzene rings is 1. The van der Waals surface area contributed by atoms with E-state index in [2.05, 4.69) is 38.7 Å². The van der Waals surface area contributed by atoms with E-state index in [1.807, 2.05) is 30.3 Å². The van der Waals surface area contributed by atoms with Crippen LogP contribution in [0.3, 0.4) is 0 Å². The summed E-state index contributed by atoms with van der Waals surface area (Å²) in [5.74, 6) is 2.06. The highest BCUT2D eigenvalue weighted by atomic mass is 79.9. The molecule has 0 aliphatic carbocycles. The maximum Gasteiger partial charge on any atom is 0.184 e. The van der Waals surface area contributed by atoms with Crippen LogP contribution in [0.1, 0.15) is 11.5 Å². The molecular formula is C13H12BrN3O2S. The SMILES string of the molecule is NC(=S)NN=Cc1ccc(COc2ccc(Br)cc2)o1. The Hall–Kier alpha value is -1.86. The van der Waals surface area contributed by atoms with E-state index in [0.717, 1.165) is 10.2 Å². The Kier molecular flexibility index (Phi) is 5.14. The summed E-state index contributed by atoms with van der Waals surface area (Å²) in [4.78, 5) is 0. The van der Waals surface area contributed by atoms with Crippen LogP contribution < -0.4 is 15.9 Å². The quantitative estimate of drug-likeness (QED) is 0.491. The van der Waals surface area contributed by atoms with Crippen LogP contribution in [0, 0.1) is 0 Å². The Labute approximate surface area is 129 Å². The molecule has 20 heavy (non-hydrogen) atoms. The zero-order chi connectivity index (χ0) is 14.4. The standard InChI is InChI=1S/C13H12BrN3O2S/c14-9-1-3-10(4-2-9)18-8-12-6-5-11(19-12)7-16-17-13(15)20/h1-7H,8H2,(H3,15,17,20). The first-order valence-corrected chi connectivity index (χ1v) is 6.89. The average molecular weight is 354 g/mol. The van der Waals surface area contributed by atoms with Crippen LogP contribution in [0.5, 0.6) is 5.75 Å². The fourth-order valence-electron chi connectivity index (χ4n) is 1.39. The van der Waals surface area contributed by atoms with E-state index in [0.29, 0.717) is 18.1 Å². The maximum absolute atomic E-state index is 5.59.